The molecule has 1 unspecified atom stereocenters. The van der Waals surface area contributed by atoms with Crippen LogP contribution in [0.1, 0.15) is 17.2 Å². The molecule has 0 aliphatic rings. The smallest absolute Gasteiger partial charge is 0.136 e. The SMILES string of the molecule is Cc1ccccc1C(CN)Oc1ccc(Cl)cc1. The Hall–Kier alpha value is -1.51. The van der Waals surface area contributed by atoms with E-state index >= 15 is 0 Å². The first-order chi connectivity index (χ1) is 8.70. The van der Waals surface area contributed by atoms with Crippen molar-refractivity contribution in [3.8, 4) is 5.75 Å². The highest BCUT2D eigenvalue weighted by Crippen LogP contribution is 2.24. The molecule has 0 radical (unpaired) electrons. The van der Waals surface area contributed by atoms with Crippen molar-refractivity contribution in [1.29, 1.82) is 0 Å². The van der Waals surface area contributed by atoms with Crippen LogP contribution in [0, 0.1) is 6.92 Å². The lowest BCUT2D eigenvalue weighted by molar-refractivity contribution is 0.213. The van der Waals surface area contributed by atoms with E-state index < -0.39 is 0 Å². The minimum Gasteiger partial charge on any atom is -0.484 e. The van der Waals surface area contributed by atoms with Crippen LogP contribution in [0.3, 0.4) is 0 Å². The number of ether oxygens (including phenoxy) is 1. The van der Waals surface area contributed by atoms with Crippen molar-refractivity contribution in [3.63, 3.8) is 0 Å². The zero-order valence-electron chi connectivity index (χ0n) is 10.3. The number of hydrogen-bond donors (Lipinski definition) is 1. The van der Waals surface area contributed by atoms with E-state index in [2.05, 4.69) is 13.0 Å². The van der Waals surface area contributed by atoms with E-state index in [1.54, 1.807) is 0 Å². The van der Waals surface area contributed by atoms with Crippen molar-refractivity contribution in [2.24, 2.45) is 5.73 Å². The average Bonchev–Trinajstić information content (AvgIpc) is 2.39. The van der Waals surface area contributed by atoms with E-state index in [4.69, 9.17) is 22.1 Å². The zero-order valence-corrected chi connectivity index (χ0v) is 11.0. The summed E-state index contributed by atoms with van der Waals surface area (Å²) in [6.07, 6.45) is -0.132. The molecule has 2 nitrogen and oxygen atoms in total. The standard InChI is InChI=1S/C15H16ClNO/c1-11-4-2-3-5-14(11)15(10-17)18-13-8-6-12(16)7-9-13/h2-9,15H,10,17H2,1H3. The Balaban J connectivity index is 2.20. The quantitative estimate of drug-likeness (QED) is 0.910. The lowest BCUT2D eigenvalue weighted by atomic mass is 10.0. The van der Waals surface area contributed by atoms with Gasteiger partial charge in [0.15, 0.2) is 0 Å². The molecule has 2 aromatic carbocycles. The van der Waals surface area contributed by atoms with E-state index in [0.717, 1.165) is 11.3 Å². The minimum atomic E-state index is -0.132. The van der Waals surface area contributed by atoms with Crippen LogP contribution < -0.4 is 10.5 Å². The average molecular weight is 262 g/mol. The highest BCUT2D eigenvalue weighted by molar-refractivity contribution is 6.30. The fourth-order valence-corrected chi connectivity index (χ4v) is 1.99. The number of halogens is 1. The predicted molar refractivity (Wildman–Crippen MR) is 75.1 cm³/mol. The molecule has 94 valence electrons. The van der Waals surface area contributed by atoms with Gasteiger partial charge in [0.25, 0.3) is 0 Å². The highest BCUT2D eigenvalue weighted by atomic mass is 35.5. The molecule has 0 amide bonds. The molecule has 0 saturated heterocycles. The zero-order chi connectivity index (χ0) is 13.0. The van der Waals surface area contributed by atoms with Gasteiger partial charge in [-0.3, -0.25) is 0 Å². The van der Waals surface area contributed by atoms with E-state index in [1.165, 1.54) is 5.56 Å². The van der Waals surface area contributed by atoms with Crippen molar-refractivity contribution in [2.45, 2.75) is 13.0 Å². The van der Waals surface area contributed by atoms with Gasteiger partial charge in [0.1, 0.15) is 11.9 Å². The maximum Gasteiger partial charge on any atom is 0.136 e. The second-order valence-corrected chi connectivity index (χ2v) is 4.59. The topological polar surface area (TPSA) is 35.2 Å². The van der Waals surface area contributed by atoms with Crippen molar-refractivity contribution in [1.82, 2.24) is 0 Å². The van der Waals surface area contributed by atoms with Crippen LogP contribution in [0.15, 0.2) is 48.5 Å². The van der Waals surface area contributed by atoms with Crippen molar-refractivity contribution >= 4 is 11.6 Å². The van der Waals surface area contributed by atoms with Gasteiger partial charge < -0.3 is 10.5 Å². The van der Waals surface area contributed by atoms with Crippen LogP contribution in [0.25, 0.3) is 0 Å². The summed E-state index contributed by atoms with van der Waals surface area (Å²) in [5, 5.41) is 0.697. The van der Waals surface area contributed by atoms with Crippen LogP contribution in [-0.4, -0.2) is 6.54 Å². The molecule has 18 heavy (non-hydrogen) atoms. The molecule has 0 aliphatic carbocycles. The molecule has 2 rings (SSSR count). The van der Waals surface area contributed by atoms with Gasteiger partial charge in [0.05, 0.1) is 0 Å². The number of benzene rings is 2. The summed E-state index contributed by atoms with van der Waals surface area (Å²) in [5.41, 5.74) is 8.10. The predicted octanol–water partition coefficient (Wildman–Crippen LogP) is 3.73. The number of nitrogens with two attached hydrogens (primary N) is 1. The second-order valence-electron chi connectivity index (χ2n) is 4.15. The molecule has 0 bridgehead atoms. The highest BCUT2D eigenvalue weighted by Gasteiger charge is 2.13. The Bertz CT molecular complexity index is 510. The number of hydrogen-bond acceptors (Lipinski definition) is 2. The summed E-state index contributed by atoms with van der Waals surface area (Å²) in [6.45, 7) is 2.50. The first kappa shape index (κ1) is 12.9. The van der Waals surface area contributed by atoms with Gasteiger partial charge in [-0.15, -0.1) is 0 Å². The summed E-state index contributed by atoms with van der Waals surface area (Å²) in [5.74, 6) is 0.776. The molecule has 2 N–H and O–H groups in total. The number of aryl methyl sites for hydroxylation is 1. The van der Waals surface area contributed by atoms with Crippen LogP contribution >= 0.6 is 11.6 Å². The molecule has 3 heteroatoms. The summed E-state index contributed by atoms with van der Waals surface area (Å²) >= 11 is 5.84. The van der Waals surface area contributed by atoms with Gasteiger partial charge in [-0.05, 0) is 42.3 Å². The minimum absolute atomic E-state index is 0.132. The first-order valence-electron chi connectivity index (χ1n) is 5.88. The van der Waals surface area contributed by atoms with Crippen LogP contribution in [0.5, 0.6) is 5.75 Å². The monoisotopic (exact) mass is 261 g/mol. The van der Waals surface area contributed by atoms with Crippen molar-refractivity contribution in [3.05, 3.63) is 64.7 Å². The van der Waals surface area contributed by atoms with Crippen LogP contribution in [0.4, 0.5) is 0 Å². The van der Waals surface area contributed by atoms with Gasteiger partial charge in [0.2, 0.25) is 0 Å². The Morgan fingerprint density at radius 1 is 1.11 bits per heavy atom. The number of rotatable bonds is 4. The Morgan fingerprint density at radius 3 is 2.39 bits per heavy atom. The van der Waals surface area contributed by atoms with Gasteiger partial charge in [-0.2, -0.15) is 0 Å². The molecule has 0 fully saturated rings. The lowest BCUT2D eigenvalue weighted by Crippen LogP contribution is -2.19. The third-order valence-electron chi connectivity index (χ3n) is 2.84. The fourth-order valence-electron chi connectivity index (χ4n) is 1.86. The Labute approximate surface area is 112 Å². The van der Waals surface area contributed by atoms with Crippen molar-refractivity contribution in [2.75, 3.05) is 6.54 Å². The second kappa shape index (κ2) is 5.89. The van der Waals surface area contributed by atoms with E-state index in [0.29, 0.717) is 11.6 Å². The van der Waals surface area contributed by atoms with Gasteiger partial charge >= 0.3 is 0 Å². The Morgan fingerprint density at radius 2 is 1.78 bits per heavy atom. The van der Waals surface area contributed by atoms with Gasteiger partial charge in [-0.1, -0.05) is 35.9 Å². The summed E-state index contributed by atoms with van der Waals surface area (Å²) in [4.78, 5) is 0. The lowest BCUT2D eigenvalue weighted by Gasteiger charge is -2.19. The normalized spacial score (nSPS) is 12.2. The molecular weight excluding hydrogens is 246 g/mol. The van der Waals surface area contributed by atoms with E-state index in [9.17, 15) is 0 Å². The maximum atomic E-state index is 5.90. The third kappa shape index (κ3) is 3.03. The third-order valence-corrected chi connectivity index (χ3v) is 3.09. The molecule has 0 aromatic heterocycles. The van der Waals surface area contributed by atoms with Gasteiger partial charge in [0, 0.05) is 11.6 Å². The summed E-state index contributed by atoms with van der Waals surface area (Å²) in [7, 11) is 0. The molecule has 0 aliphatic heterocycles. The van der Waals surface area contributed by atoms with E-state index in [-0.39, 0.29) is 6.10 Å². The molecular formula is C15H16ClNO. The Kier molecular flexibility index (Phi) is 4.24. The fraction of sp³-hybridized carbons (Fsp3) is 0.200. The van der Waals surface area contributed by atoms with E-state index in [1.807, 2.05) is 42.5 Å². The molecule has 0 saturated carbocycles. The summed E-state index contributed by atoms with van der Waals surface area (Å²) < 4.78 is 5.90. The van der Waals surface area contributed by atoms with Crippen molar-refractivity contribution < 1.29 is 4.74 Å². The van der Waals surface area contributed by atoms with Gasteiger partial charge in [-0.25, -0.2) is 0 Å². The molecule has 1 atom stereocenters. The molecule has 0 heterocycles. The maximum absolute atomic E-state index is 5.90. The van der Waals surface area contributed by atoms with Crippen LogP contribution in [-0.2, 0) is 0 Å². The largest absolute Gasteiger partial charge is 0.484 e. The molecule has 0 spiro atoms. The first-order valence-corrected chi connectivity index (χ1v) is 6.26. The molecule has 2 aromatic rings. The van der Waals surface area contributed by atoms with Crippen LogP contribution in [0.2, 0.25) is 5.02 Å². The summed E-state index contributed by atoms with van der Waals surface area (Å²) in [6, 6.07) is 15.4.